The van der Waals surface area contributed by atoms with Gasteiger partial charge in [0.05, 0.1) is 6.10 Å². The van der Waals surface area contributed by atoms with Gasteiger partial charge in [-0.05, 0) is 50.9 Å². The number of esters is 2. The van der Waals surface area contributed by atoms with Crippen LogP contribution >= 0.6 is 0 Å². The van der Waals surface area contributed by atoms with Gasteiger partial charge in [-0.3, -0.25) is 9.59 Å². The molecular weight excluding hydrogens is 528 g/mol. The van der Waals surface area contributed by atoms with Crippen LogP contribution in [0.25, 0.3) is 0 Å². The Morgan fingerprint density at radius 1 is 0.690 bits per heavy atom. The SMILES string of the molecule is CCCCC/C=C\C/C=C\CC(O)/C=C\C=C\CCCC(=O)OC[C@@H](O)COC(=O)CCCCCCCCC(C)CC. The topological polar surface area (TPSA) is 93.1 Å². The van der Waals surface area contributed by atoms with Gasteiger partial charge in [-0.15, -0.1) is 0 Å². The van der Waals surface area contributed by atoms with Crippen LogP contribution in [0.2, 0.25) is 0 Å². The number of ether oxygens (including phenoxy) is 2. The Bertz CT molecular complexity index is 754. The first kappa shape index (κ1) is 39.8. The van der Waals surface area contributed by atoms with Crippen molar-refractivity contribution in [2.45, 2.75) is 149 Å². The fourth-order valence-electron chi connectivity index (χ4n) is 4.19. The molecule has 242 valence electrons. The van der Waals surface area contributed by atoms with Crippen LogP contribution in [0.5, 0.6) is 0 Å². The molecule has 0 aliphatic rings. The summed E-state index contributed by atoms with van der Waals surface area (Å²) in [6.07, 6.45) is 31.9. The zero-order valence-corrected chi connectivity index (χ0v) is 27.0. The van der Waals surface area contributed by atoms with Crippen molar-refractivity contribution < 1.29 is 29.3 Å². The number of carbonyl (C=O) groups excluding carboxylic acids is 2. The Morgan fingerprint density at radius 3 is 2.00 bits per heavy atom. The van der Waals surface area contributed by atoms with E-state index in [0.717, 1.165) is 38.0 Å². The molecule has 0 heterocycles. The number of hydrogen-bond acceptors (Lipinski definition) is 6. The molecule has 0 saturated heterocycles. The van der Waals surface area contributed by atoms with Crippen LogP contribution in [0.1, 0.15) is 136 Å². The van der Waals surface area contributed by atoms with Gasteiger partial charge in [0.1, 0.15) is 19.3 Å². The molecule has 6 nitrogen and oxygen atoms in total. The summed E-state index contributed by atoms with van der Waals surface area (Å²) >= 11 is 0. The van der Waals surface area contributed by atoms with E-state index in [-0.39, 0.29) is 31.6 Å². The molecule has 0 saturated carbocycles. The second kappa shape index (κ2) is 30.3. The average Bonchev–Trinajstić information content (AvgIpc) is 2.98. The third kappa shape index (κ3) is 29.3. The van der Waals surface area contributed by atoms with Crippen LogP contribution in [0.15, 0.2) is 48.6 Å². The number of allylic oxidation sites excluding steroid dienone is 6. The Labute approximate surface area is 257 Å². The van der Waals surface area contributed by atoms with Gasteiger partial charge in [0.15, 0.2) is 0 Å². The molecule has 0 aromatic carbocycles. The third-order valence-electron chi connectivity index (χ3n) is 7.19. The lowest BCUT2D eigenvalue weighted by Gasteiger charge is -2.12. The van der Waals surface area contributed by atoms with Gasteiger partial charge < -0.3 is 19.7 Å². The summed E-state index contributed by atoms with van der Waals surface area (Å²) in [5, 5.41) is 19.9. The second-order valence-electron chi connectivity index (χ2n) is 11.4. The largest absolute Gasteiger partial charge is 0.463 e. The molecule has 0 aliphatic carbocycles. The molecule has 0 aliphatic heterocycles. The van der Waals surface area contributed by atoms with Crippen LogP contribution in [0.3, 0.4) is 0 Å². The Balaban J connectivity index is 3.71. The second-order valence-corrected chi connectivity index (χ2v) is 11.4. The van der Waals surface area contributed by atoms with E-state index in [1.165, 1.54) is 51.4 Å². The Morgan fingerprint density at radius 2 is 1.31 bits per heavy atom. The van der Waals surface area contributed by atoms with E-state index in [9.17, 15) is 19.8 Å². The predicted molar refractivity (Wildman–Crippen MR) is 174 cm³/mol. The molecule has 2 unspecified atom stereocenters. The standard InChI is InChI=1S/C36H62O6/c1-4-6-7-8-9-10-11-16-21-26-33(37)27-22-17-14-19-24-29-36(40)42-31-34(38)30-41-35(39)28-23-18-13-12-15-20-25-32(3)5-2/h9-10,14,16-17,21-22,27,32-34,37-38H,4-8,11-13,15,18-20,23-26,28-31H2,1-3H3/b10-9-,17-14+,21-16-,27-22-/t32?,33?,34-/m0/s1. The molecule has 0 radical (unpaired) electrons. The molecule has 0 amide bonds. The molecule has 0 bridgehead atoms. The highest BCUT2D eigenvalue weighted by molar-refractivity contribution is 5.69. The fourth-order valence-corrected chi connectivity index (χ4v) is 4.19. The quantitative estimate of drug-likeness (QED) is 0.0410. The molecule has 3 atom stereocenters. The molecule has 6 heteroatoms. The van der Waals surface area contributed by atoms with Crippen LogP contribution < -0.4 is 0 Å². The summed E-state index contributed by atoms with van der Waals surface area (Å²) in [4.78, 5) is 23.7. The number of aliphatic hydroxyl groups is 2. The fraction of sp³-hybridized carbons (Fsp3) is 0.722. The Hall–Kier alpha value is -2.18. The highest BCUT2D eigenvalue weighted by Gasteiger charge is 2.12. The molecule has 2 N–H and O–H groups in total. The summed E-state index contributed by atoms with van der Waals surface area (Å²) in [7, 11) is 0. The lowest BCUT2D eigenvalue weighted by atomic mass is 10.00. The molecule has 42 heavy (non-hydrogen) atoms. The molecular formula is C36H62O6. The van der Waals surface area contributed by atoms with Gasteiger partial charge in [-0.25, -0.2) is 0 Å². The summed E-state index contributed by atoms with van der Waals surface area (Å²) in [5.74, 6) is 0.117. The van der Waals surface area contributed by atoms with Crippen LogP contribution in [-0.4, -0.2) is 47.6 Å². The summed E-state index contributed by atoms with van der Waals surface area (Å²) < 4.78 is 10.2. The van der Waals surface area contributed by atoms with Gasteiger partial charge in [-0.2, -0.15) is 0 Å². The van der Waals surface area contributed by atoms with Crippen molar-refractivity contribution in [1.82, 2.24) is 0 Å². The zero-order chi connectivity index (χ0) is 31.1. The van der Waals surface area contributed by atoms with Gasteiger partial charge in [0.25, 0.3) is 0 Å². The minimum atomic E-state index is -1.01. The maximum atomic E-state index is 11.9. The summed E-state index contributed by atoms with van der Waals surface area (Å²) in [6, 6.07) is 0. The number of aliphatic hydroxyl groups excluding tert-OH is 2. The van der Waals surface area contributed by atoms with Crippen molar-refractivity contribution >= 4 is 11.9 Å². The van der Waals surface area contributed by atoms with Crippen molar-refractivity contribution in [3.63, 3.8) is 0 Å². The van der Waals surface area contributed by atoms with Gasteiger partial charge >= 0.3 is 11.9 Å². The van der Waals surface area contributed by atoms with E-state index in [1.807, 2.05) is 24.3 Å². The number of hydrogen-bond donors (Lipinski definition) is 2. The summed E-state index contributed by atoms with van der Waals surface area (Å²) in [6.45, 7) is 6.41. The maximum absolute atomic E-state index is 11.9. The van der Waals surface area contributed by atoms with Gasteiger partial charge in [0.2, 0.25) is 0 Å². The normalized spacial score (nSPS) is 14.3. The zero-order valence-electron chi connectivity index (χ0n) is 27.0. The lowest BCUT2D eigenvalue weighted by Crippen LogP contribution is -2.25. The molecule has 0 aromatic heterocycles. The minimum absolute atomic E-state index is 0.158. The van der Waals surface area contributed by atoms with E-state index < -0.39 is 12.2 Å². The van der Waals surface area contributed by atoms with Crippen molar-refractivity contribution in [2.75, 3.05) is 13.2 Å². The van der Waals surface area contributed by atoms with E-state index in [1.54, 1.807) is 6.08 Å². The lowest BCUT2D eigenvalue weighted by molar-refractivity contribution is -0.152. The molecule has 0 aromatic rings. The van der Waals surface area contributed by atoms with E-state index in [0.29, 0.717) is 25.7 Å². The molecule has 0 spiro atoms. The third-order valence-corrected chi connectivity index (χ3v) is 7.19. The van der Waals surface area contributed by atoms with Crippen LogP contribution in [0.4, 0.5) is 0 Å². The molecule has 0 rings (SSSR count). The number of unbranched alkanes of at least 4 members (excludes halogenated alkanes) is 9. The van der Waals surface area contributed by atoms with E-state index in [4.69, 9.17) is 9.47 Å². The first-order chi connectivity index (χ1) is 20.4. The van der Waals surface area contributed by atoms with Gasteiger partial charge in [-0.1, -0.05) is 127 Å². The van der Waals surface area contributed by atoms with E-state index in [2.05, 4.69) is 39.0 Å². The van der Waals surface area contributed by atoms with E-state index >= 15 is 0 Å². The first-order valence-electron chi connectivity index (χ1n) is 16.7. The molecule has 0 fully saturated rings. The van der Waals surface area contributed by atoms with Crippen molar-refractivity contribution in [3.8, 4) is 0 Å². The summed E-state index contributed by atoms with van der Waals surface area (Å²) in [5.41, 5.74) is 0. The predicted octanol–water partition coefficient (Wildman–Crippen LogP) is 8.72. The van der Waals surface area contributed by atoms with Crippen LogP contribution in [0, 0.1) is 5.92 Å². The highest BCUT2D eigenvalue weighted by atomic mass is 16.6. The number of rotatable bonds is 28. The van der Waals surface area contributed by atoms with Crippen molar-refractivity contribution in [2.24, 2.45) is 5.92 Å². The maximum Gasteiger partial charge on any atom is 0.305 e. The minimum Gasteiger partial charge on any atom is -0.463 e. The highest BCUT2D eigenvalue weighted by Crippen LogP contribution is 2.14. The van der Waals surface area contributed by atoms with Crippen LogP contribution in [-0.2, 0) is 19.1 Å². The first-order valence-corrected chi connectivity index (χ1v) is 16.7. The van der Waals surface area contributed by atoms with Crippen molar-refractivity contribution in [3.05, 3.63) is 48.6 Å². The smallest absolute Gasteiger partial charge is 0.305 e. The van der Waals surface area contributed by atoms with Crippen molar-refractivity contribution in [1.29, 1.82) is 0 Å². The Kier molecular flexibility index (Phi) is 28.7. The number of carbonyl (C=O) groups is 2. The van der Waals surface area contributed by atoms with Gasteiger partial charge in [0, 0.05) is 12.8 Å². The monoisotopic (exact) mass is 590 g/mol. The average molecular weight is 591 g/mol.